The van der Waals surface area contributed by atoms with E-state index in [9.17, 15) is 20.4 Å². The Bertz CT molecular complexity index is 1180. The number of rotatable bonds is 8. The Morgan fingerprint density at radius 2 is 1.55 bits per heavy atom. The van der Waals surface area contributed by atoms with Crippen LogP contribution in [-0.2, 0) is 37.9 Å². The van der Waals surface area contributed by atoms with Crippen LogP contribution in [0.3, 0.4) is 0 Å². The average Bonchev–Trinajstić information content (AvgIpc) is 3.36. The highest BCUT2D eigenvalue weighted by Crippen LogP contribution is 2.52. The molecule has 0 amide bonds. The standard InChI is InChI=1S/C38H69NO12/c1-14-26-37(12,42)33-21(6)29-19(4)16-36(11,50-29)32(48-34-28(40)25(39-18(2)3)15-20(5)45-34)22(7)30(23(8)38(43,49-26)51-33)47-27-17-35(10,44-13)31(41)24(9)46-27/h18-34,39-43H,14-17H2,1-13H3/t19-,20?,21-,22-,23+,24?,25?,26+,27-,28?,29?,30-,31-,32+,33+,34-,35?,36+,37+,38-/m0/s1. The Balaban J connectivity index is 1.61. The van der Waals surface area contributed by atoms with E-state index in [0.29, 0.717) is 19.3 Å². The topological polar surface area (TPSA) is 167 Å². The summed E-state index contributed by atoms with van der Waals surface area (Å²) in [6.07, 6.45) is -6.18. The number of methoxy groups -OCH3 is 1. The van der Waals surface area contributed by atoms with E-state index in [0.717, 1.165) is 0 Å². The van der Waals surface area contributed by atoms with Gasteiger partial charge in [-0.1, -0.05) is 48.5 Å². The molecule has 0 aliphatic carbocycles. The molecular weight excluding hydrogens is 662 g/mol. The molecule has 0 aromatic heterocycles. The minimum absolute atomic E-state index is 0.0211. The summed E-state index contributed by atoms with van der Waals surface area (Å²) in [6, 6.07) is -0.111. The van der Waals surface area contributed by atoms with Crippen molar-refractivity contribution >= 4 is 0 Å². The SMILES string of the molecule is CC[C@H]1O[C@]2(O)O[C@H]([C@@H](C)C3O[C@](C)(C[C@@H]3C)[C@H](O[C@@H]3OC(C)CC(NC(C)C)C3O)[C@@H](C)[C@H](O[C@H]3CC(C)(OC)[C@@H](O)C(C)O3)[C@H]2C)[C@]1(C)O. The highest BCUT2D eigenvalue weighted by Gasteiger charge is 2.64. The third-order valence-corrected chi connectivity index (χ3v) is 12.8. The van der Waals surface area contributed by atoms with Crippen LogP contribution in [0.15, 0.2) is 0 Å². The zero-order valence-electron chi connectivity index (χ0n) is 33.2. The van der Waals surface area contributed by atoms with Crippen LogP contribution in [0.25, 0.3) is 0 Å². The van der Waals surface area contributed by atoms with Crippen LogP contribution < -0.4 is 5.32 Å². The van der Waals surface area contributed by atoms with Gasteiger partial charge < -0.3 is 63.6 Å². The molecule has 0 saturated carbocycles. The minimum atomic E-state index is -2.18. The van der Waals surface area contributed by atoms with Crippen molar-refractivity contribution in [1.29, 1.82) is 0 Å². The first-order valence-electron chi connectivity index (χ1n) is 19.4. The molecule has 13 nitrogen and oxygen atoms in total. The van der Waals surface area contributed by atoms with Gasteiger partial charge in [0, 0.05) is 37.5 Å². The number of aliphatic hydroxyl groups is 4. The van der Waals surface area contributed by atoms with Gasteiger partial charge in [-0.25, -0.2) is 0 Å². The molecule has 5 fully saturated rings. The van der Waals surface area contributed by atoms with Crippen LogP contribution in [0.5, 0.6) is 0 Å². The first-order valence-corrected chi connectivity index (χ1v) is 19.4. The molecule has 0 aromatic carbocycles. The maximum Gasteiger partial charge on any atom is 0.286 e. The summed E-state index contributed by atoms with van der Waals surface area (Å²) in [7, 11) is 1.55. The van der Waals surface area contributed by atoms with Crippen molar-refractivity contribution in [1.82, 2.24) is 5.32 Å². The van der Waals surface area contributed by atoms with Crippen molar-refractivity contribution in [3.63, 3.8) is 0 Å². The Labute approximate surface area is 305 Å². The van der Waals surface area contributed by atoms with Crippen molar-refractivity contribution in [2.45, 2.75) is 211 Å². The molecule has 5 saturated heterocycles. The van der Waals surface area contributed by atoms with Crippen molar-refractivity contribution in [3.05, 3.63) is 0 Å². The molecular formula is C38H69NO12. The smallest absolute Gasteiger partial charge is 0.286 e. The fraction of sp³-hybridized carbons (Fsp3) is 1.00. The minimum Gasteiger partial charge on any atom is -0.387 e. The summed E-state index contributed by atoms with van der Waals surface area (Å²) in [5, 5.41) is 50.6. The fourth-order valence-electron chi connectivity index (χ4n) is 9.97. The number of hydrogen-bond acceptors (Lipinski definition) is 13. The van der Waals surface area contributed by atoms with E-state index in [2.05, 4.69) is 12.2 Å². The summed E-state index contributed by atoms with van der Waals surface area (Å²) in [6.45, 7) is 23.2. The lowest BCUT2D eigenvalue weighted by Gasteiger charge is -2.55. The van der Waals surface area contributed by atoms with Gasteiger partial charge in [-0.2, -0.15) is 0 Å². The van der Waals surface area contributed by atoms with Crippen LogP contribution >= 0.6 is 0 Å². The molecule has 5 heterocycles. The first-order chi connectivity index (χ1) is 23.6. The van der Waals surface area contributed by atoms with Crippen LogP contribution in [0.4, 0.5) is 0 Å². The number of fused-ring (bicyclic) bond motifs is 4. The molecule has 5 aliphatic heterocycles. The van der Waals surface area contributed by atoms with E-state index in [1.54, 1.807) is 21.0 Å². The normalized spacial score (nSPS) is 55.4. The molecule has 13 heteroatoms. The van der Waals surface area contributed by atoms with E-state index in [1.807, 2.05) is 62.3 Å². The van der Waals surface area contributed by atoms with Crippen molar-refractivity contribution in [3.8, 4) is 0 Å². The van der Waals surface area contributed by atoms with Crippen LogP contribution in [0.2, 0.25) is 0 Å². The van der Waals surface area contributed by atoms with E-state index < -0.39 is 89.9 Å². The van der Waals surface area contributed by atoms with E-state index in [4.69, 9.17) is 37.9 Å². The van der Waals surface area contributed by atoms with Gasteiger partial charge in [0.2, 0.25) is 0 Å². The summed E-state index contributed by atoms with van der Waals surface area (Å²) in [5.74, 6) is -3.91. The predicted octanol–water partition coefficient (Wildman–Crippen LogP) is 3.22. The zero-order valence-corrected chi connectivity index (χ0v) is 33.2. The monoisotopic (exact) mass is 731 g/mol. The molecule has 51 heavy (non-hydrogen) atoms. The Kier molecular flexibility index (Phi) is 12.4. The van der Waals surface area contributed by atoms with Gasteiger partial charge in [-0.3, -0.25) is 0 Å². The zero-order chi connectivity index (χ0) is 38.0. The lowest BCUT2D eigenvalue weighted by atomic mass is 9.74. The molecule has 5 rings (SSSR count). The molecule has 4 bridgehead atoms. The highest BCUT2D eigenvalue weighted by molar-refractivity contribution is 5.07. The molecule has 0 spiro atoms. The number of nitrogens with one attached hydrogen (secondary N) is 1. The fourth-order valence-corrected chi connectivity index (χ4v) is 9.97. The molecule has 6 unspecified atom stereocenters. The van der Waals surface area contributed by atoms with Crippen molar-refractivity contribution in [2.75, 3.05) is 7.11 Å². The lowest BCUT2D eigenvalue weighted by Crippen LogP contribution is -2.69. The maximum absolute atomic E-state index is 12.5. The van der Waals surface area contributed by atoms with Gasteiger partial charge in [0.05, 0.1) is 59.8 Å². The van der Waals surface area contributed by atoms with Crippen LogP contribution in [0, 0.1) is 23.7 Å². The average molecular weight is 732 g/mol. The third-order valence-electron chi connectivity index (χ3n) is 12.8. The molecule has 5 N–H and O–H groups in total. The second-order valence-corrected chi connectivity index (χ2v) is 17.6. The third kappa shape index (κ3) is 7.81. The number of ether oxygens (including phenoxy) is 8. The van der Waals surface area contributed by atoms with Gasteiger partial charge in [-0.15, -0.1) is 0 Å². The lowest BCUT2D eigenvalue weighted by molar-refractivity contribution is -0.481. The first kappa shape index (κ1) is 41.6. The van der Waals surface area contributed by atoms with Gasteiger partial charge in [-0.05, 0) is 59.8 Å². The van der Waals surface area contributed by atoms with Crippen LogP contribution in [0.1, 0.15) is 109 Å². The van der Waals surface area contributed by atoms with Gasteiger partial charge in [0.1, 0.15) is 17.8 Å². The summed E-state index contributed by atoms with van der Waals surface area (Å²) in [4.78, 5) is 0. The number of aliphatic hydroxyl groups excluding tert-OH is 2. The largest absolute Gasteiger partial charge is 0.387 e. The summed E-state index contributed by atoms with van der Waals surface area (Å²) >= 11 is 0. The van der Waals surface area contributed by atoms with E-state index >= 15 is 0 Å². The Morgan fingerprint density at radius 1 is 0.882 bits per heavy atom. The summed E-state index contributed by atoms with van der Waals surface area (Å²) < 4.78 is 52.3. The van der Waals surface area contributed by atoms with E-state index in [1.165, 1.54) is 0 Å². The highest BCUT2D eigenvalue weighted by atomic mass is 16.8. The molecule has 298 valence electrons. The molecule has 0 radical (unpaired) electrons. The van der Waals surface area contributed by atoms with Gasteiger partial charge >= 0.3 is 0 Å². The van der Waals surface area contributed by atoms with Crippen LogP contribution in [-0.4, -0.2) is 130 Å². The number of hydrogen-bond donors (Lipinski definition) is 5. The molecule has 5 aliphatic rings. The Hall–Kier alpha value is -0.520. The second-order valence-electron chi connectivity index (χ2n) is 17.6. The predicted molar refractivity (Wildman–Crippen MR) is 187 cm³/mol. The Morgan fingerprint density at radius 3 is 2.16 bits per heavy atom. The van der Waals surface area contributed by atoms with Crippen molar-refractivity contribution < 1.29 is 58.3 Å². The summed E-state index contributed by atoms with van der Waals surface area (Å²) in [5.41, 5.74) is -3.31. The maximum atomic E-state index is 12.5. The molecule has 20 atom stereocenters. The second kappa shape index (κ2) is 15.2. The quantitative estimate of drug-likeness (QED) is 0.247. The van der Waals surface area contributed by atoms with Gasteiger partial charge in [0.15, 0.2) is 12.6 Å². The molecule has 0 aromatic rings. The van der Waals surface area contributed by atoms with Crippen molar-refractivity contribution in [2.24, 2.45) is 23.7 Å². The van der Waals surface area contributed by atoms with E-state index in [-0.39, 0.29) is 42.5 Å². The van der Waals surface area contributed by atoms with Gasteiger partial charge in [0.25, 0.3) is 5.97 Å².